The van der Waals surface area contributed by atoms with Crippen molar-refractivity contribution >= 4 is 23.3 Å². The third-order valence-corrected chi connectivity index (χ3v) is 4.64. The molecule has 0 radical (unpaired) electrons. The minimum Gasteiger partial charge on any atom is -0.495 e. The Hall–Kier alpha value is -1.82. The fraction of sp³-hybridized carbons (Fsp3) is 0.588. The lowest BCUT2D eigenvalue weighted by Crippen LogP contribution is -2.53. The average Bonchev–Trinajstić information content (AvgIpc) is 2.61. The van der Waals surface area contributed by atoms with E-state index in [1.165, 1.54) is 0 Å². The van der Waals surface area contributed by atoms with Gasteiger partial charge in [-0.25, -0.2) is 4.79 Å². The number of carbonyl (C=O) groups excluding carboxylic acids is 1. The maximum atomic E-state index is 12.2. The third kappa shape index (κ3) is 4.17. The minimum atomic E-state index is 0.00431. The van der Waals surface area contributed by atoms with Crippen LogP contribution in [0.4, 0.5) is 10.5 Å². The predicted octanol–water partition coefficient (Wildman–Crippen LogP) is 2.99. The van der Waals surface area contributed by atoms with Crippen LogP contribution >= 0.6 is 11.6 Å². The van der Waals surface area contributed by atoms with Crippen molar-refractivity contribution in [2.45, 2.75) is 26.3 Å². The van der Waals surface area contributed by atoms with Crippen LogP contribution in [0.5, 0.6) is 11.5 Å². The van der Waals surface area contributed by atoms with Gasteiger partial charge >= 0.3 is 6.03 Å². The molecule has 1 fully saturated rings. The van der Waals surface area contributed by atoms with Crippen LogP contribution in [0, 0.1) is 0 Å². The molecule has 2 amide bonds. The van der Waals surface area contributed by atoms with Gasteiger partial charge in [-0.1, -0.05) is 18.5 Å². The molecule has 24 heavy (non-hydrogen) atoms. The molecule has 1 aliphatic rings. The summed E-state index contributed by atoms with van der Waals surface area (Å²) in [6.45, 7) is 6.86. The molecule has 1 aromatic rings. The minimum absolute atomic E-state index is 0.00431. The van der Waals surface area contributed by atoms with Gasteiger partial charge in [-0.2, -0.15) is 0 Å². The fourth-order valence-electron chi connectivity index (χ4n) is 2.65. The van der Waals surface area contributed by atoms with Crippen LogP contribution in [0.1, 0.15) is 20.3 Å². The molecule has 0 aliphatic carbocycles. The van der Waals surface area contributed by atoms with Crippen molar-refractivity contribution in [1.82, 2.24) is 10.2 Å². The van der Waals surface area contributed by atoms with E-state index in [2.05, 4.69) is 17.1 Å². The fourth-order valence-corrected chi connectivity index (χ4v) is 2.88. The van der Waals surface area contributed by atoms with E-state index in [0.717, 1.165) is 25.2 Å². The van der Waals surface area contributed by atoms with Crippen LogP contribution in [0.25, 0.3) is 0 Å². The standard InChI is InChI=1S/C17H26ClN3O3/c1-5-12(2)19-17(22)21-8-6-20(7-9-21)14-11-15(23-3)13(18)10-16(14)24-4/h10-12H,5-9H2,1-4H3,(H,19,22). The molecule has 1 unspecified atom stereocenters. The summed E-state index contributed by atoms with van der Waals surface area (Å²) in [7, 11) is 3.21. The lowest BCUT2D eigenvalue weighted by atomic mass is 10.2. The molecule has 1 atom stereocenters. The molecule has 1 aliphatic heterocycles. The van der Waals surface area contributed by atoms with Crippen molar-refractivity contribution in [3.8, 4) is 11.5 Å². The van der Waals surface area contributed by atoms with Crippen LogP contribution in [-0.4, -0.2) is 57.4 Å². The Morgan fingerprint density at radius 1 is 1.21 bits per heavy atom. The Labute approximate surface area is 148 Å². The van der Waals surface area contributed by atoms with E-state index in [0.29, 0.717) is 29.6 Å². The highest BCUT2D eigenvalue weighted by Gasteiger charge is 2.24. The summed E-state index contributed by atoms with van der Waals surface area (Å²) >= 11 is 6.16. The number of rotatable bonds is 5. The van der Waals surface area contributed by atoms with E-state index in [9.17, 15) is 4.79 Å². The highest BCUT2D eigenvalue weighted by molar-refractivity contribution is 6.32. The van der Waals surface area contributed by atoms with Crippen LogP contribution in [0.2, 0.25) is 5.02 Å². The van der Waals surface area contributed by atoms with Crippen molar-refractivity contribution in [1.29, 1.82) is 0 Å². The van der Waals surface area contributed by atoms with Crippen molar-refractivity contribution in [2.24, 2.45) is 0 Å². The molecular weight excluding hydrogens is 330 g/mol. The molecule has 1 N–H and O–H groups in total. The number of nitrogens with zero attached hydrogens (tertiary/aromatic N) is 2. The van der Waals surface area contributed by atoms with Gasteiger partial charge in [0.15, 0.2) is 0 Å². The molecule has 2 rings (SSSR count). The zero-order chi connectivity index (χ0) is 17.7. The summed E-state index contributed by atoms with van der Waals surface area (Å²) in [5.41, 5.74) is 0.931. The maximum absolute atomic E-state index is 12.2. The van der Waals surface area contributed by atoms with E-state index in [1.54, 1.807) is 20.3 Å². The largest absolute Gasteiger partial charge is 0.495 e. The van der Waals surface area contributed by atoms with E-state index in [-0.39, 0.29) is 12.1 Å². The Kier molecular flexibility index (Phi) is 6.43. The van der Waals surface area contributed by atoms with Crippen molar-refractivity contribution in [3.05, 3.63) is 17.2 Å². The van der Waals surface area contributed by atoms with Crippen LogP contribution in [0.3, 0.4) is 0 Å². The molecule has 0 saturated carbocycles. The molecular formula is C17H26ClN3O3. The molecule has 0 bridgehead atoms. The number of methoxy groups -OCH3 is 2. The number of halogens is 1. The van der Waals surface area contributed by atoms with Crippen molar-refractivity contribution in [3.63, 3.8) is 0 Å². The molecule has 0 aromatic heterocycles. The Balaban J connectivity index is 2.05. The van der Waals surface area contributed by atoms with Crippen molar-refractivity contribution < 1.29 is 14.3 Å². The van der Waals surface area contributed by atoms with Gasteiger partial charge in [0.1, 0.15) is 11.5 Å². The number of anilines is 1. The predicted molar refractivity (Wildman–Crippen MR) is 96.6 cm³/mol. The topological polar surface area (TPSA) is 54.0 Å². The molecule has 7 heteroatoms. The first-order chi connectivity index (χ1) is 11.5. The second-order valence-corrected chi connectivity index (χ2v) is 6.30. The number of hydrogen-bond donors (Lipinski definition) is 1. The summed E-state index contributed by atoms with van der Waals surface area (Å²) in [6, 6.07) is 3.84. The first kappa shape index (κ1) is 18.5. The zero-order valence-corrected chi connectivity index (χ0v) is 15.5. The monoisotopic (exact) mass is 355 g/mol. The number of piperazine rings is 1. The highest BCUT2D eigenvalue weighted by atomic mass is 35.5. The summed E-state index contributed by atoms with van der Waals surface area (Å²) in [5.74, 6) is 1.32. The normalized spacial score (nSPS) is 15.9. The van der Waals surface area contributed by atoms with Crippen LogP contribution < -0.4 is 19.7 Å². The maximum Gasteiger partial charge on any atom is 0.317 e. The summed E-state index contributed by atoms with van der Waals surface area (Å²) in [6.07, 6.45) is 0.924. The molecule has 1 aromatic carbocycles. The number of hydrogen-bond acceptors (Lipinski definition) is 4. The number of amides is 2. The molecule has 1 saturated heterocycles. The third-order valence-electron chi connectivity index (χ3n) is 4.34. The number of benzene rings is 1. The molecule has 0 spiro atoms. The van der Waals surface area contributed by atoms with Gasteiger partial charge in [0.05, 0.1) is 24.9 Å². The lowest BCUT2D eigenvalue weighted by molar-refractivity contribution is 0.190. The Bertz CT molecular complexity index is 574. The van der Waals surface area contributed by atoms with E-state index in [1.807, 2.05) is 17.9 Å². The van der Waals surface area contributed by atoms with E-state index < -0.39 is 0 Å². The van der Waals surface area contributed by atoms with Crippen molar-refractivity contribution in [2.75, 3.05) is 45.3 Å². The van der Waals surface area contributed by atoms with Gasteiger partial charge in [-0.05, 0) is 13.3 Å². The highest BCUT2D eigenvalue weighted by Crippen LogP contribution is 2.38. The first-order valence-corrected chi connectivity index (χ1v) is 8.59. The van der Waals surface area contributed by atoms with Crippen LogP contribution in [-0.2, 0) is 0 Å². The van der Waals surface area contributed by atoms with Gasteiger partial charge in [0.25, 0.3) is 0 Å². The van der Waals surface area contributed by atoms with E-state index >= 15 is 0 Å². The molecule has 1 heterocycles. The number of urea groups is 1. The molecule has 134 valence electrons. The smallest absolute Gasteiger partial charge is 0.317 e. The van der Waals surface area contributed by atoms with Gasteiger partial charge in [-0.15, -0.1) is 0 Å². The Morgan fingerprint density at radius 3 is 2.38 bits per heavy atom. The number of ether oxygens (including phenoxy) is 2. The average molecular weight is 356 g/mol. The van der Waals surface area contributed by atoms with Crippen LogP contribution in [0.15, 0.2) is 12.1 Å². The van der Waals surface area contributed by atoms with E-state index in [4.69, 9.17) is 21.1 Å². The van der Waals surface area contributed by atoms with Gasteiger partial charge in [-0.3, -0.25) is 0 Å². The second-order valence-electron chi connectivity index (χ2n) is 5.89. The quantitative estimate of drug-likeness (QED) is 0.882. The lowest BCUT2D eigenvalue weighted by Gasteiger charge is -2.37. The SMILES string of the molecule is CCC(C)NC(=O)N1CCN(c2cc(OC)c(Cl)cc2OC)CC1. The molecule has 6 nitrogen and oxygen atoms in total. The summed E-state index contributed by atoms with van der Waals surface area (Å²) < 4.78 is 10.7. The zero-order valence-electron chi connectivity index (χ0n) is 14.8. The summed E-state index contributed by atoms with van der Waals surface area (Å²) in [5, 5.41) is 3.53. The number of carbonyl (C=O) groups is 1. The van der Waals surface area contributed by atoms with Gasteiger partial charge in [0.2, 0.25) is 0 Å². The second kappa shape index (κ2) is 8.33. The summed E-state index contributed by atoms with van der Waals surface area (Å²) in [4.78, 5) is 16.2. The van der Waals surface area contributed by atoms with Gasteiger partial charge < -0.3 is 24.6 Å². The Morgan fingerprint density at radius 2 is 1.83 bits per heavy atom. The first-order valence-electron chi connectivity index (χ1n) is 8.22. The van der Waals surface area contributed by atoms with Gasteiger partial charge in [0, 0.05) is 44.4 Å². The number of nitrogens with one attached hydrogen (secondary N) is 1.